The van der Waals surface area contributed by atoms with Gasteiger partial charge in [0.2, 0.25) is 0 Å². The summed E-state index contributed by atoms with van der Waals surface area (Å²) in [7, 11) is 0. The van der Waals surface area contributed by atoms with Crippen molar-refractivity contribution in [1.82, 2.24) is 0 Å². The zero-order valence-electron chi connectivity index (χ0n) is 6.71. The molecule has 0 aromatic carbocycles. The lowest BCUT2D eigenvalue weighted by Crippen LogP contribution is -1.92. The molecule has 0 aliphatic carbocycles. The Bertz CT molecular complexity index is 149. The minimum Gasteiger partial charge on any atom is -0.481 e. The van der Waals surface area contributed by atoms with Gasteiger partial charge in [0.25, 0.3) is 0 Å². The maximum absolute atomic E-state index is 10.1. The second-order valence-electron chi connectivity index (χ2n) is 2.46. The van der Waals surface area contributed by atoms with Crippen LogP contribution in [0.25, 0.3) is 0 Å². The largest absolute Gasteiger partial charge is 0.481 e. The number of aliphatic hydroxyl groups is 1. The van der Waals surface area contributed by atoms with Gasteiger partial charge in [-0.05, 0) is 19.8 Å². The maximum Gasteiger partial charge on any atom is 0.303 e. The van der Waals surface area contributed by atoms with Crippen molar-refractivity contribution >= 4 is 5.97 Å². The number of aliphatic carboxylic acids is 1. The van der Waals surface area contributed by atoms with E-state index in [2.05, 4.69) is 0 Å². The normalized spacial score (nSPS) is 11.6. The molecule has 0 aliphatic heterocycles. The Balaban J connectivity index is 3.47. The second-order valence-corrected chi connectivity index (χ2v) is 2.46. The van der Waals surface area contributed by atoms with Crippen LogP contribution in [0.1, 0.15) is 26.2 Å². The fraction of sp³-hybridized carbons (Fsp3) is 0.625. The van der Waals surface area contributed by atoms with Crippen LogP contribution in [0.15, 0.2) is 11.6 Å². The molecule has 2 N–H and O–H groups in total. The standard InChI is InChI=1S/C8H14O3/c1-7(5-6-9)3-2-4-8(10)11/h3,9H,2,4-6H2,1H3,(H,10,11)/b7-3+. The molecule has 0 aromatic heterocycles. The lowest BCUT2D eigenvalue weighted by Gasteiger charge is -1.95. The Morgan fingerprint density at radius 1 is 1.45 bits per heavy atom. The molecule has 0 heterocycles. The summed E-state index contributed by atoms with van der Waals surface area (Å²) in [5.74, 6) is -0.780. The number of allylic oxidation sites excluding steroid dienone is 1. The molecule has 3 nitrogen and oxygen atoms in total. The summed E-state index contributed by atoms with van der Waals surface area (Å²) in [6.45, 7) is 2.02. The maximum atomic E-state index is 10.1. The van der Waals surface area contributed by atoms with Gasteiger partial charge in [-0.2, -0.15) is 0 Å². The van der Waals surface area contributed by atoms with E-state index in [0.29, 0.717) is 12.8 Å². The summed E-state index contributed by atoms with van der Waals surface area (Å²) in [5, 5.41) is 16.8. The molecular formula is C8H14O3. The third kappa shape index (κ3) is 7.06. The summed E-state index contributed by atoms with van der Waals surface area (Å²) in [5.41, 5.74) is 1.05. The third-order valence-electron chi connectivity index (χ3n) is 1.36. The third-order valence-corrected chi connectivity index (χ3v) is 1.36. The Labute approximate surface area is 66.4 Å². The van der Waals surface area contributed by atoms with E-state index >= 15 is 0 Å². The van der Waals surface area contributed by atoms with Crippen LogP contribution in [0, 0.1) is 0 Å². The Kier molecular flexibility index (Phi) is 5.47. The molecule has 0 fully saturated rings. The summed E-state index contributed by atoms with van der Waals surface area (Å²) in [4.78, 5) is 10.1. The Morgan fingerprint density at radius 3 is 2.55 bits per heavy atom. The summed E-state index contributed by atoms with van der Waals surface area (Å²) >= 11 is 0. The first kappa shape index (κ1) is 10.2. The lowest BCUT2D eigenvalue weighted by atomic mass is 10.1. The first-order valence-corrected chi connectivity index (χ1v) is 3.65. The molecule has 0 spiro atoms. The minimum atomic E-state index is -0.780. The monoisotopic (exact) mass is 158 g/mol. The van der Waals surface area contributed by atoms with Crippen molar-refractivity contribution in [2.75, 3.05) is 6.61 Å². The van der Waals surface area contributed by atoms with E-state index in [-0.39, 0.29) is 13.0 Å². The van der Waals surface area contributed by atoms with Crippen LogP contribution in [-0.2, 0) is 4.79 Å². The highest BCUT2D eigenvalue weighted by Gasteiger charge is 1.93. The van der Waals surface area contributed by atoms with Crippen LogP contribution < -0.4 is 0 Å². The van der Waals surface area contributed by atoms with E-state index < -0.39 is 5.97 Å². The van der Waals surface area contributed by atoms with E-state index in [4.69, 9.17) is 10.2 Å². The van der Waals surface area contributed by atoms with Crippen LogP contribution in [0.2, 0.25) is 0 Å². The van der Waals surface area contributed by atoms with Crippen molar-refractivity contribution in [3.63, 3.8) is 0 Å². The number of hydrogen-bond donors (Lipinski definition) is 2. The van der Waals surface area contributed by atoms with E-state index in [1.165, 1.54) is 0 Å². The number of rotatable bonds is 5. The highest BCUT2D eigenvalue weighted by Crippen LogP contribution is 2.01. The quantitative estimate of drug-likeness (QED) is 0.591. The fourth-order valence-electron chi connectivity index (χ4n) is 0.720. The summed E-state index contributed by atoms with van der Waals surface area (Å²) in [6, 6.07) is 0. The average molecular weight is 158 g/mol. The molecule has 0 saturated heterocycles. The summed E-state index contributed by atoms with van der Waals surface area (Å²) in [6.07, 6.45) is 3.22. The van der Waals surface area contributed by atoms with Gasteiger partial charge in [0.15, 0.2) is 0 Å². The average Bonchev–Trinajstić information content (AvgIpc) is 1.87. The van der Waals surface area contributed by atoms with Gasteiger partial charge in [0, 0.05) is 13.0 Å². The van der Waals surface area contributed by atoms with Gasteiger partial charge in [0.1, 0.15) is 0 Å². The number of carboxylic acid groups (broad SMARTS) is 1. The zero-order valence-corrected chi connectivity index (χ0v) is 6.71. The van der Waals surface area contributed by atoms with Crippen molar-refractivity contribution < 1.29 is 15.0 Å². The Morgan fingerprint density at radius 2 is 2.09 bits per heavy atom. The predicted octanol–water partition coefficient (Wildman–Crippen LogP) is 1.18. The first-order valence-electron chi connectivity index (χ1n) is 3.65. The molecule has 0 bridgehead atoms. The molecule has 0 radical (unpaired) electrons. The number of hydrogen-bond acceptors (Lipinski definition) is 2. The molecule has 0 unspecified atom stereocenters. The molecule has 0 aromatic rings. The second kappa shape index (κ2) is 5.92. The van der Waals surface area contributed by atoms with E-state index in [1.54, 1.807) is 0 Å². The Hall–Kier alpha value is -0.830. The van der Waals surface area contributed by atoms with E-state index in [9.17, 15) is 4.79 Å². The highest BCUT2D eigenvalue weighted by atomic mass is 16.4. The van der Waals surface area contributed by atoms with Crippen molar-refractivity contribution in [2.24, 2.45) is 0 Å². The van der Waals surface area contributed by atoms with Crippen LogP contribution in [-0.4, -0.2) is 22.8 Å². The van der Waals surface area contributed by atoms with Crippen molar-refractivity contribution in [3.8, 4) is 0 Å². The van der Waals surface area contributed by atoms with Gasteiger partial charge < -0.3 is 10.2 Å². The van der Waals surface area contributed by atoms with Crippen LogP contribution in [0.3, 0.4) is 0 Å². The summed E-state index contributed by atoms with van der Waals surface area (Å²) < 4.78 is 0. The zero-order chi connectivity index (χ0) is 8.69. The van der Waals surface area contributed by atoms with E-state index in [1.807, 2.05) is 13.0 Å². The minimum absolute atomic E-state index is 0.134. The number of carboxylic acids is 1. The highest BCUT2D eigenvalue weighted by molar-refractivity contribution is 5.66. The molecule has 64 valence electrons. The van der Waals surface area contributed by atoms with Gasteiger partial charge >= 0.3 is 5.97 Å². The molecule has 3 heteroatoms. The predicted molar refractivity (Wildman–Crippen MR) is 42.3 cm³/mol. The lowest BCUT2D eigenvalue weighted by molar-refractivity contribution is -0.136. The van der Waals surface area contributed by atoms with Crippen molar-refractivity contribution in [1.29, 1.82) is 0 Å². The first-order chi connectivity index (χ1) is 5.16. The van der Waals surface area contributed by atoms with Crippen LogP contribution >= 0.6 is 0 Å². The molecule has 0 atom stereocenters. The smallest absolute Gasteiger partial charge is 0.303 e. The van der Waals surface area contributed by atoms with Crippen molar-refractivity contribution in [3.05, 3.63) is 11.6 Å². The van der Waals surface area contributed by atoms with Gasteiger partial charge in [-0.3, -0.25) is 4.79 Å². The molecular weight excluding hydrogens is 144 g/mol. The fourth-order valence-corrected chi connectivity index (χ4v) is 0.720. The van der Waals surface area contributed by atoms with Gasteiger partial charge in [-0.25, -0.2) is 0 Å². The van der Waals surface area contributed by atoms with Crippen LogP contribution in [0.4, 0.5) is 0 Å². The number of aliphatic hydroxyl groups excluding tert-OH is 1. The van der Waals surface area contributed by atoms with Crippen LogP contribution in [0.5, 0.6) is 0 Å². The molecule has 0 amide bonds. The van der Waals surface area contributed by atoms with Gasteiger partial charge in [-0.1, -0.05) is 11.6 Å². The molecule has 0 rings (SSSR count). The van der Waals surface area contributed by atoms with Crippen molar-refractivity contribution in [2.45, 2.75) is 26.2 Å². The van der Waals surface area contributed by atoms with E-state index in [0.717, 1.165) is 5.57 Å². The number of carbonyl (C=O) groups is 1. The molecule has 0 aliphatic rings. The van der Waals surface area contributed by atoms with Gasteiger partial charge in [0.05, 0.1) is 0 Å². The molecule has 11 heavy (non-hydrogen) atoms. The van der Waals surface area contributed by atoms with Gasteiger partial charge in [-0.15, -0.1) is 0 Å². The topological polar surface area (TPSA) is 57.5 Å². The molecule has 0 saturated carbocycles. The SMILES string of the molecule is C/C(=C\CCC(=O)O)CCO.